The maximum atomic E-state index is 3.63. The molecule has 0 radical (unpaired) electrons. The molecule has 1 atom stereocenters. The zero-order valence-electron chi connectivity index (χ0n) is 11.3. The molecule has 4 heteroatoms. The first-order valence-electron chi connectivity index (χ1n) is 6.85. The molecule has 0 spiro atoms. The van der Waals surface area contributed by atoms with Gasteiger partial charge in [-0.05, 0) is 67.3 Å². The second-order valence-corrected chi connectivity index (χ2v) is 7.77. The molecular formula is C14H23BrN2S. The Balaban J connectivity index is 1.72. The van der Waals surface area contributed by atoms with E-state index in [0.29, 0.717) is 6.04 Å². The molecule has 1 unspecified atom stereocenters. The zero-order chi connectivity index (χ0) is 13.0. The van der Waals surface area contributed by atoms with Crippen LogP contribution in [0.25, 0.3) is 0 Å². The lowest BCUT2D eigenvalue weighted by atomic mass is 10.1. The molecule has 0 saturated carbocycles. The van der Waals surface area contributed by atoms with Gasteiger partial charge in [0.2, 0.25) is 0 Å². The van der Waals surface area contributed by atoms with Crippen molar-refractivity contribution in [2.45, 2.75) is 45.7 Å². The molecule has 1 saturated heterocycles. The number of hydrogen-bond donors (Lipinski definition) is 1. The molecule has 2 rings (SSSR count). The van der Waals surface area contributed by atoms with Gasteiger partial charge in [0.05, 0.1) is 3.79 Å². The smallest absolute Gasteiger partial charge is 0.0730 e. The van der Waals surface area contributed by atoms with E-state index < -0.39 is 0 Å². The molecule has 2 heterocycles. The highest BCUT2D eigenvalue weighted by atomic mass is 79.9. The maximum Gasteiger partial charge on any atom is 0.0730 e. The van der Waals surface area contributed by atoms with Crippen LogP contribution in [0.5, 0.6) is 0 Å². The largest absolute Gasteiger partial charge is 0.308 e. The fourth-order valence-electron chi connectivity index (χ4n) is 2.48. The summed E-state index contributed by atoms with van der Waals surface area (Å²) in [7, 11) is 0. The van der Waals surface area contributed by atoms with Gasteiger partial charge in [-0.3, -0.25) is 0 Å². The maximum absolute atomic E-state index is 3.63. The number of rotatable bonds is 5. The van der Waals surface area contributed by atoms with Crippen molar-refractivity contribution in [1.82, 2.24) is 10.2 Å². The fraction of sp³-hybridized carbons (Fsp3) is 0.714. The van der Waals surface area contributed by atoms with Crippen molar-refractivity contribution in [3.05, 3.63) is 20.3 Å². The lowest BCUT2D eigenvalue weighted by Crippen LogP contribution is -2.41. The van der Waals surface area contributed by atoms with Crippen molar-refractivity contribution in [1.29, 1.82) is 0 Å². The van der Waals surface area contributed by atoms with Gasteiger partial charge in [-0.1, -0.05) is 6.42 Å². The molecule has 0 aliphatic carbocycles. The predicted molar refractivity (Wildman–Crippen MR) is 83.3 cm³/mol. The second-order valence-electron chi connectivity index (χ2n) is 5.31. The van der Waals surface area contributed by atoms with Gasteiger partial charge in [0.15, 0.2) is 0 Å². The summed E-state index contributed by atoms with van der Waals surface area (Å²) < 4.78 is 1.27. The quantitative estimate of drug-likeness (QED) is 0.883. The van der Waals surface area contributed by atoms with Crippen molar-refractivity contribution < 1.29 is 0 Å². The molecule has 1 aliphatic rings. The van der Waals surface area contributed by atoms with Gasteiger partial charge < -0.3 is 10.2 Å². The Bertz CT molecular complexity index is 352. The van der Waals surface area contributed by atoms with Crippen LogP contribution in [0, 0.1) is 6.92 Å². The highest BCUT2D eigenvalue weighted by Crippen LogP contribution is 2.27. The van der Waals surface area contributed by atoms with Crippen LogP contribution in [0.15, 0.2) is 9.85 Å². The number of aryl methyl sites for hydroxylation is 1. The third-order valence-electron chi connectivity index (χ3n) is 3.51. The van der Waals surface area contributed by atoms with Gasteiger partial charge in [0.1, 0.15) is 0 Å². The highest BCUT2D eigenvalue weighted by molar-refractivity contribution is 9.11. The van der Waals surface area contributed by atoms with Crippen molar-refractivity contribution >= 4 is 27.3 Å². The molecule has 0 aromatic carbocycles. The minimum Gasteiger partial charge on any atom is -0.308 e. The molecule has 0 bridgehead atoms. The van der Waals surface area contributed by atoms with E-state index in [9.17, 15) is 0 Å². The highest BCUT2D eigenvalue weighted by Gasteiger charge is 2.13. The van der Waals surface area contributed by atoms with Crippen molar-refractivity contribution in [3.8, 4) is 0 Å². The van der Waals surface area contributed by atoms with Gasteiger partial charge in [-0.25, -0.2) is 0 Å². The normalized spacial score (nSPS) is 19.1. The molecule has 102 valence electrons. The number of thiophene rings is 1. The first-order chi connectivity index (χ1) is 8.65. The summed E-state index contributed by atoms with van der Waals surface area (Å²) in [6.07, 6.45) is 4.17. The molecule has 2 nitrogen and oxygen atoms in total. The Morgan fingerprint density at radius 3 is 2.72 bits per heavy atom. The Kier molecular flexibility index (Phi) is 5.67. The van der Waals surface area contributed by atoms with E-state index in [0.717, 1.165) is 6.54 Å². The van der Waals surface area contributed by atoms with E-state index in [-0.39, 0.29) is 0 Å². The van der Waals surface area contributed by atoms with Crippen LogP contribution >= 0.6 is 27.3 Å². The van der Waals surface area contributed by atoms with E-state index >= 15 is 0 Å². The number of nitrogens with zero attached hydrogens (tertiary/aromatic N) is 1. The number of likely N-dealkylation sites (tertiary alicyclic amines) is 1. The van der Waals surface area contributed by atoms with Gasteiger partial charge in [-0.15, -0.1) is 11.3 Å². The summed E-state index contributed by atoms with van der Waals surface area (Å²) in [6, 6.07) is 2.85. The van der Waals surface area contributed by atoms with Crippen LogP contribution in [0.4, 0.5) is 0 Å². The van der Waals surface area contributed by atoms with Gasteiger partial charge >= 0.3 is 0 Å². The van der Waals surface area contributed by atoms with Crippen molar-refractivity contribution in [2.75, 3.05) is 19.6 Å². The van der Waals surface area contributed by atoms with Crippen molar-refractivity contribution in [2.24, 2.45) is 0 Å². The van der Waals surface area contributed by atoms with E-state index in [1.807, 2.05) is 11.3 Å². The second kappa shape index (κ2) is 7.04. The number of nitrogens with one attached hydrogen (secondary N) is 1. The fourth-order valence-corrected chi connectivity index (χ4v) is 4.06. The van der Waals surface area contributed by atoms with E-state index in [1.165, 1.54) is 53.1 Å². The molecule has 1 N–H and O–H groups in total. The number of hydrogen-bond acceptors (Lipinski definition) is 3. The number of piperidine rings is 1. The van der Waals surface area contributed by atoms with Gasteiger partial charge in [0.25, 0.3) is 0 Å². The third-order valence-corrected chi connectivity index (χ3v) is 5.65. The van der Waals surface area contributed by atoms with Gasteiger partial charge in [0, 0.05) is 24.0 Å². The van der Waals surface area contributed by atoms with E-state index in [1.54, 1.807) is 0 Å². The minimum atomic E-state index is 0.573. The van der Waals surface area contributed by atoms with Crippen LogP contribution < -0.4 is 5.32 Å². The van der Waals surface area contributed by atoms with Crippen molar-refractivity contribution in [3.63, 3.8) is 0 Å². The molecule has 18 heavy (non-hydrogen) atoms. The summed E-state index contributed by atoms with van der Waals surface area (Å²) in [6.45, 7) is 9.20. The summed E-state index contributed by atoms with van der Waals surface area (Å²) in [4.78, 5) is 4.02. The average molecular weight is 331 g/mol. The first-order valence-corrected chi connectivity index (χ1v) is 8.46. The summed E-state index contributed by atoms with van der Waals surface area (Å²) in [5.41, 5.74) is 1.35. The SMILES string of the molecule is Cc1cc(CNC(C)CN2CCCCC2)sc1Br. The zero-order valence-corrected chi connectivity index (χ0v) is 13.7. The van der Waals surface area contributed by atoms with E-state index in [4.69, 9.17) is 0 Å². The predicted octanol–water partition coefficient (Wildman–Crippen LogP) is 3.78. The Morgan fingerprint density at radius 2 is 2.11 bits per heavy atom. The third kappa shape index (κ3) is 4.34. The van der Waals surface area contributed by atoms with Crippen LogP contribution in [-0.2, 0) is 6.54 Å². The lowest BCUT2D eigenvalue weighted by molar-refractivity contribution is 0.209. The minimum absolute atomic E-state index is 0.573. The average Bonchev–Trinajstić information content (AvgIpc) is 2.68. The first kappa shape index (κ1) is 14.5. The molecule has 1 fully saturated rings. The van der Waals surface area contributed by atoms with E-state index in [2.05, 4.69) is 46.1 Å². The molecule has 0 amide bonds. The van der Waals surface area contributed by atoms with Crippen LogP contribution in [0.2, 0.25) is 0 Å². The monoisotopic (exact) mass is 330 g/mol. The standard InChI is InChI=1S/C14H23BrN2S/c1-11-8-13(18-14(11)15)9-16-12(2)10-17-6-4-3-5-7-17/h8,12,16H,3-7,9-10H2,1-2H3. The van der Waals surface area contributed by atoms with Crippen LogP contribution in [-0.4, -0.2) is 30.6 Å². The summed E-state index contributed by atoms with van der Waals surface area (Å²) >= 11 is 5.43. The summed E-state index contributed by atoms with van der Waals surface area (Å²) in [5, 5.41) is 3.63. The summed E-state index contributed by atoms with van der Waals surface area (Å²) in [5.74, 6) is 0. The van der Waals surface area contributed by atoms with Crippen LogP contribution in [0.3, 0.4) is 0 Å². The molecular weight excluding hydrogens is 308 g/mol. The lowest BCUT2D eigenvalue weighted by Gasteiger charge is -2.29. The number of halogens is 1. The molecule has 1 aromatic heterocycles. The van der Waals surface area contributed by atoms with Gasteiger partial charge in [-0.2, -0.15) is 0 Å². The Labute approximate surface area is 123 Å². The molecule has 1 aromatic rings. The topological polar surface area (TPSA) is 15.3 Å². The Morgan fingerprint density at radius 1 is 1.39 bits per heavy atom. The Hall–Kier alpha value is 0.100. The molecule has 1 aliphatic heterocycles. The van der Waals surface area contributed by atoms with Crippen LogP contribution in [0.1, 0.15) is 36.6 Å².